The minimum absolute atomic E-state index is 0.0178. The Bertz CT molecular complexity index is 405. The Labute approximate surface area is 119 Å². The molecule has 0 saturated carbocycles. The summed E-state index contributed by atoms with van der Waals surface area (Å²) in [6, 6.07) is 1.87. The highest BCUT2D eigenvalue weighted by atomic mass is 16.3. The number of hydrogen-bond donors (Lipinski definition) is 2. The number of carbonyl (C=O) groups excluding carboxylic acids is 1. The van der Waals surface area contributed by atoms with Crippen molar-refractivity contribution in [1.29, 1.82) is 0 Å². The summed E-state index contributed by atoms with van der Waals surface area (Å²) in [5.41, 5.74) is 0. The van der Waals surface area contributed by atoms with Gasteiger partial charge in [0.1, 0.15) is 0 Å². The van der Waals surface area contributed by atoms with Crippen molar-refractivity contribution in [2.24, 2.45) is 5.92 Å². The fourth-order valence-electron chi connectivity index (χ4n) is 2.57. The molecule has 1 aliphatic heterocycles. The lowest BCUT2D eigenvalue weighted by Gasteiger charge is -2.34. The van der Waals surface area contributed by atoms with Gasteiger partial charge in [0.25, 0.3) is 0 Å². The van der Waals surface area contributed by atoms with Crippen LogP contribution in [0, 0.1) is 5.92 Å². The molecule has 2 atom stereocenters. The van der Waals surface area contributed by atoms with Crippen LogP contribution in [0.2, 0.25) is 0 Å². The molecule has 2 N–H and O–H groups in total. The fourth-order valence-corrected chi connectivity index (χ4v) is 2.57. The highest BCUT2D eigenvalue weighted by molar-refractivity contribution is 5.74. The van der Waals surface area contributed by atoms with E-state index in [0.717, 1.165) is 32.4 Å². The van der Waals surface area contributed by atoms with Gasteiger partial charge in [0, 0.05) is 44.5 Å². The van der Waals surface area contributed by atoms with Crippen molar-refractivity contribution in [3.05, 3.63) is 18.5 Å². The van der Waals surface area contributed by atoms with Gasteiger partial charge in [-0.1, -0.05) is 0 Å². The molecule has 20 heavy (non-hydrogen) atoms. The molecule has 1 saturated heterocycles. The third kappa shape index (κ3) is 4.23. The Balaban J connectivity index is 1.66. The topological polar surface area (TPSA) is 70.4 Å². The van der Waals surface area contributed by atoms with E-state index < -0.39 is 0 Å². The van der Waals surface area contributed by atoms with Crippen LogP contribution in [-0.4, -0.2) is 51.6 Å². The van der Waals surface area contributed by atoms with Crippen LogP contribution in [-0.2, 0) is 6.54 Å². The molecule has 2 amide bonds. The minimum Gasteiger partial charge on any atom is -0.393 e. The average molecular weight is 280 g/mol. The van der Waals surface area contributed by atoms with Gasteiger partial charge >= 0.3 is 6.03 Å². The van der Waals surface area contributed by atoms with Crippen molar-refractivity contribution in [1.82, 2.24) is 20.0 Å². The first-order chi connectivity index (χ1) is 9.66. The predicted molar refractivity (Wildman–Crippen MR) is 76.2 cm³/mol. The van der Waals surface area contributed by atoms with Gasteiger partial charge in [-0.25, -0.2) is 4.79 Å². The second kappa shape index (κ2) is 7.28. The van der Waals surface area contributed by atoms with Crippen molar-refractivity contribution in [2.45, 2.75) is 38.8 Å². The number of urea groups is 1. The summed E-state index contributed by atoms with van der Waals surface area (Å²) in [5, 5.41) is 16.7. The van der Waals surface area contributed by atoms with Crippen LogP contribution >= 0.6 is 0 Å². The smallest absolute Gasteiger partial charge is 0.317 e. The summed E-state index contributed by atoms with van der Waals surface area (Å²) in [7, 11) is 0. The van der Waals surface area contributed by atoms with E-state index in [1.165, 1.54) is 0 Å². The predicted octanol–water partition coefficient (Wildman–Crippen LogP) is 1.08. The quantitative estimate of drug-likeness (QED) is 0.793. The zero-order valence-electron chi connectivity index (χ0n) is 12.0. The minimum atomic E-state index is -0.342. The molecular weight excluding hydrogens is 256 g/mol. The molecular formula is C14H24N4O2. The zero-order valence-corrected chi connectivity index (χ0v) is 12.0. The highest BCUT2D eigenvalue weighted by Gasteiger charge is 2.26. The Kier molecular flexibility index (Phi) is 5.40. The van der Waals surface area contributed by atoms with Crippen LogP contribution in [0.5, 0.6) is 0 Å². The summed E-state index contributed by atoms with van der Waals surface area (Å²) in [5.74, 6) is 0.207. The molecule has 0 aromatic carbocycles. The molecule has 6 nitrogen and oxygen atoms in total. The van der Waals surface area contributed by atoms with E-state index in [0.29, 0.717) is 13.1 Å². The van der Waals surface area contributed by atoms with Crippen LogP contribution in [0.4, 0.5) is 4.79 Å². The normalized spacial score (nSPS) is 20.7. The molecule has 6 heteroatoms. The molecule has 0 radical (unpaired) electrons. The monoisotopic (exact) mass is 280 g/mol. The Morgan fingerprint density at radius 3 is 3.15 bits per heavy atom. The summed E-state index contributed by atoms with van der Waals surface area (Å²) in [6.45, 7) is 4.70. The summed E-state index contributed by atoms with van der Waals surface area (Å²) in [6.07, 6.45) is 6.16. The zero-order chi connectivity index (χ0) is 14.4. The summed E-state index contributed by atoms with van der Waals surface area (Å²) >= 11 is 0. The van der Waals surface area contributed by atoms with Crippen molar-refractivity contribution < 1.29 is 9.90 Å². The van der Waals surface area contributed by atoms with Crippen LogP contribution in [0.3, 0.4) is 0 Å². The van der Waals surface area contributed by atoms with E-state index in [-0.39, 0.29) is 18.1 Å². The molecule has 2 unspecified atom stereocenters. The molecule has 2 rings (SSSR count). The maximum atomic E-state index is 12.0. The van der Waals surface area contributed by atoms with Crippen LogP contribution < -0.4 is 5.32 Å². The van der Waals surface area contributed by atoms with Crippen molar-refractivity contribution in [3.63, 3.8) is 0 Å². The largest absolute Gasteiger partial charge is 0.393 e. The molecule has 0 aliphatic carbocycles. The fraction of sp³-hybridized carbons (Fsp3) is 0.714. The molecule has 1 fully saturated rings. The van der Waals surface area contributed by atoms with Crippen LogP contribution in [0.25, 0.3) is 0 Å². The third-order valence-corrected chi connectivity index (χ3v) is 3.83. The molecule has 2 heterocycles. The van der Waals surface area contributed by atoms with E-state index >= 15 is 0 Å². The second-order valence-corrected chi connectivity index (χ2v) is 5.44. The number of aliphatic hydroxyl groups is 1. The first kappa shape index (κ1) is 14.8. The second-order valence-electron chi connectivity index (χ2n) is 5.44. The van der Waals surface area contributed by atoms with Crippen molar-refractivity contribution in [3.8, 4) is 0 Å². The molecule has 1 aromatic heterocycles. The summed E-state index contributed by atoms with van der Waals surface area (Å²) < 4.78 is 1.86. The molecule has 1 aliphatic rings. The molecule has 0 bridgehead atoms. The van der Waals surface area contributed by atoms with Gasteiger partial charge in [-0.05, 0) is 32.3 Å². The van der Waals surface area contributed by atoms with Gasteiger partial charge in [-0.3, -0.25) is 4.68 Å². The van der Waals surface area contributed by atoms with Crippen molar-refractivity contribution in [2.75, 3.05) is 19.6 Å². The van der Waals surface area contributed by atoms with Gasteiger partial charge in [0.15, 0.2) is 0 Å². The Hall–Kier alpha value is -1.56. The summed E-state index contributed by atoms with van der Waals surface area (Å²) in [4.78, 5) is 13.9. The maximum Gasteiger partial charge on any atom is 0.317 e. The van der Waals surface area contributed by atoms with E-state index in [9.17, 15) is 9.90 Å². The number of likely N-dealkylation sites (tertiary alicyclic amines) is 1. The number of piperidine rings is 1. The molecule has 1 aromatic rings. The van der Waals surface area contributed by atoms with Gasteiger partial charge < -0.3 is 15.3 Å². The molecule has 0 spiro atoms. The standard InChI is InChI=1S/C14H24N4O2/c1-12(19)13-5-2-8-17(11-13)14(20)15-6-3-9-18-10-4-7-16-18/h4,7,10,12-13,19H,2-3,5-6,8-9,11H2,1H3,(H,15,20). The number of amides is 2. The Morgan fingerprint density at radius 2 is 2.45 bits per heavy atom. The highest BCUT2D eigenvalue weighted by Crippen LogP contribution is 2.19. The van der Waals surface area contributed by atoms with Gasteiger partial charge in [-0.15, -0.1) is 0 Å². The van der Waals surface area contributed by atoms with Gasteiger partial charge in [0.05, 0.1) is 6.10 Å². The first-order valence-electron chi connectivity index (χ1n) is 7.35. The maximum absolute atomic E-state index is 12.0. The van der Waals surface area contributed by atoms with E-state index in [4.69, 9.17) is 0 Å². The van der Waals surface area contributed by atoms with Gasteiger partial charge in [0.2, 0.25) is 0 Å². The van der Waals surface area contributed by atoms with Gasteiger partial charge in [-0.2, -0.15) is 5.10 Å². The number of carbonyl (C=O) groups is 1. The van der Waals surface area contributed by atoms with Crippen molar-refractivity contribution >= 4 is 6.03 Å². The number of aryl methyl sites for hydroxylation is 1. The number of nitrogens with one attached hydrogen (secondary N) is 1. The SMILES string of the molecule is CC(O)C1CCCN(C(=O)NCCCn2cccn2)C1. The van der Waals surface area contributed by atoms with E-state index in [2.05, 4.69) is 10.4 Å². The number of aliphatic hydroxyl groups excluding tert-OH is 1. The Morgan fingerprint density at radius 1 is 1.60 bits per heavy atom. The lowest BCUT2D eigenvalue weighted by Crippen LogP contribution is -2.47. The van der Waals surface area contributed by atoms with E-state index in [1.807, 2.05) is 21.8 Å². The van der Waals surface area contributed by atoms with Crippen LogP contribution in [0.1, 0.15) is 26.2 Å². The van der Waals surface area contributed by atoms with Crippen LogP contribution in [0.15, 0.2) is 18.5 Å². The lowest BCUT2D eigenvalue weighted by atomic mass is 9.94. The third-order valence-electron chi connectivity index (χ3n) is 3.83. The number of aromatic nitrogens is 2. The average Bonchev–Trinajstić information content (AvgIpc) is 2.96. The first-order valence-corrected chi connectivity index (χ1v) is 7.35. The number of rotatable bonds is 5. The number of hydrogen-bond acceptors (Lipinski definition) is 3. The number of nitrogens with zero attached hydrogens (tertiary/aromatic N) is 3. The molecule has 112 valence electrons. The lowest BCUT2D eigenvalue weighted by molar-refractivity contribution is 0.0739. The van der Waals surface area contributed by atoms with E-state index in [1.54, 1.807) is 13.1 Å².